The third-order valence-electron chi connectivity index (χ3n) is 3.52. The van der Waals surface area contributed by atoms with Crippen LogP contribution in [0.2, 0.25) is 0 Å². The van der Waals surface area contributed by atoms with Crippen molar-refractivity contribution in [3.8, 4) is 0 Å². The summed E-state index contributed by atoms with van der Waals surface area (Å²) in [7, 11) is -2.99. The van der Waals surface area contributed by atoms with Crippen LogP contribution in [0.1, 0.15) is 25.7 Å². The molecule has 106 valence electrons. The number of halogens is 2. The minimum atomic E-state index is -2.99. The van der Waals surface area contributed by atoms with Gasteiger partial charge in [0.1, 0.15) is 15.7 Å². The topological polar surface area (TPSA) is 46.2 Å². The first-order valence-corrected chi connectivity index (χ1v) is 9.01. The van der Waals surface area contributed by atoms with E-state index in [1.807, 2.05) is 0 Å². The normalized spacial score (nSPS) is 24.2. The summed E-state index contributed by atoms with van der Waals surface area (Å²) in [5.41, 5.74) is 0.694. The molecule has 1 aromatic rings. The van der Waals surface area contributed by atoms with Crippen LogP contribution in [0.5, 0.6) is 0 Å². The van der Waals surface area contributed by atoms with Crippen LogP contribution in [0, 0.1) is 5.82 Å². The zero-order chi connectivity index (χ0) is 14.0. The number of anilines is 1. The Morgan fingerprint density at radius 2 is 2.11 bits per heavy atom. The summed E-state index contributed by atoms with van der Waals surface area (Å²) in [6.45, 7) is 0. The molecule has 6 heteroatoms. The van der Waals surface area contributed by atoms with Crippen LogP contribution in [-0.4, -0.2) is 26.0 Å². The lowest BCUT2D eigenvalue weighted by molar-refractivity contribution is 0.453. The maximum absolute atomic E-state index is 13.4. The molecule has 1 saturated carbocycles. The highest BCUT2D eigenvalue weighted by atomic mass is 79.9. The maximum Gasteiger partial charge on any atom is 0.150 e. The van der Waals surface area contributed by atoms with Crippen LogP contribution >= 0.6 is 15.9 Å². The number of hydrogen-bond donors (Lipinski definition) is 1. The Morgan fingerprint density at radius 3 is 2.74 bits per heavy atom. The van der Waals surface area contributed by atoms with E-state index in [4.69, 9.17) is 0 Å². The number of benzene rings is 1. The highest BCUT2D eigenvalue weighted by Crippen LogP contribution is 2.27. The zero-order valence-electron chi connectivity index (χ0n) is 10.7. The van der Waals surface area contributed by atoms with Gasteiger partial charge >= 0.3 is 0 Å². The summed E-state index contributed by atoms with van der Waals surface area (Å²) < 4.78 is 37.0. The monoisotopic (exact) mass is 349 g/mol. The van der Waals surface area contributed by atoms with Gasteiger partial charge in [-0.2, -0.15) is 0 Å². The summed E-state index contributed by atoms with van der Waals surface area (Å²) >= 11 is 3.11. The minimum Gasteiger partial charge on any atom is -0.382 e. The van der Waals surface area contributed by atoms with E-state index < -0.39 is 9.84 Å². The summed E-state index contributed by atoms with van der Waals surface area (Å²) in [5, 5.41) is 2.95. The van der Waals surface area contributed by atoms with E-state index in [-0.39, 0.29) is 17.1 Å². The highest BCUT2D eigenvalue weighted by Gasteiger charge is 2.28. The van der Waals surface area contributed by atoms with Crippen molar-refractivity contribution in [2.75, 3.05) is 11.6 Å². The predicted molar refractivity (Wildman–Crippen MR) is 78.6 cm³/mol. The molecule has 0 aromatic heterocycles. The maximum atomic E-state index is 13.4. The summed E-state index contributed by atoms with van der Waals surface area (Å²) in [4.78, 5) is 0. The summed E-state index contributed by atoms with van der Waals surface area (Å²) in [5.74, 6) is -0.319. The fourth-order valence-corrected chi connectivity index (χ4v) is 3.91. The quantitative estimate of drug-likeness (QED) is 0.909. The molecule has 1 aliphatic rings. The molecule has 2 atom stereocenters. The lowest BCUT2D eigenvalue weighted by Crippen LogP contribution is -2.34. The Balaban J connectivity index is 2.04. The zero-order valence-corrected chi connectivity index (χ0v) is 13.1. The molecule has 1 N–H and O–H groups in total. The second-order valence-electron chi connectivity index (χ2n) is 5.09. The number of hydrogen-bond acceptors (Lipinski definition) is 3. The number of rotatable bonds is 3. The Hall–Kier alpha value is -0.620. The number of nitrogens with one attached hydrogen (secondary N) is 1. The second-order valence-corrected chi connectivity index (χ2v) is 8.27. The van der Waals surface area contributed by atoms with E-state index >= 15 is 0 Å². The molecule has 0 spiro atoms. The molecular formula is C13H17BrFNO2S. The standard InChI is InChI=1S/C13H17BrFNO2S/c1-19(17,18)11-4-2-3-9(7-11)16-10-5-6-12(14)13(15)8-10/h5-6,8-9,11,16H,2-4,7H2,1H3. The van der Waals surface area contributed by atoms with Gasteiger partial charge in [-0.15, -0.1) is 0 Å². The van der Waals surface area contributed by atoms with E-state index in [9.17, 15) is 12.8 Å². The van der Waals surface area contributed by atoms with Crippen LogP contribution in [0.15, 0.2) is 22.7 Å². The van der Waals surface area contributed by atoms with Crippen LogP contribution in [0.4, 0.5) is 10.1 Å². The molecule has 0 radical (unpaired) electrons. The molecule has 1 fully saturated rings. The van der Waals surface area contributed by atoms with Gasteiger partial charge in [0.25, 0.3) is 0 Å². The van der Waals surface area contributed by atoms with Crippen molar-refractivity contribution >= 4 is 31.5 Å². The number of sulfone groups is 1. The second kappa shape index (κ2) is 5.79. The van der Waals surface area contributed by atoms with E-state index in [0.717, 1.165) is 19.3 Å². The largest absolute Gasteiger partial charge is 0.382 e. The van der Waals surface area contributed by atoms with E-state index in [0.29, 0.717) is 16.6 Å². The molecule has 1 aliphatic carbocycles. The van der Waals surface area contributed by atoms with Crippen molar-refractivity contribution in [1.29, 1.82) is 0 Å². The van der Waals surface area contributed by atoms with Gasteiger partial charge in [0.05, 0.1) is 9.72 Å². The van der Waals surface area contributed by atoms with Crippen molar-refractivity contribution < 1.29 is 12.8 Å². The van der Waals surface area contributed by atoms with Gasteiger partial charge in [0.15, 0.2) is 0 Å². The van der Waals surface area contributed by atoms with Crippen LogP contribution in [0.25, 0.3) is 0 Å². The van der Waals surface area contributed by atoms with Crippen molar-refractivity contribution in [3.63, 3.8) is 0 Å². The minimum absolute atomic E-state index is 0.0917. The third kappa shape index (κ3) is 3.92. The smallest absolute Gasteiger partial charge is 0.150 e. The van der Waals surface area contributed by atoms with Crippen LogP contribution in [-0.2, 0) is 9.84 Å². The Labute approximate surface area is 121 Å². The fourth-order valence-electron chi connectivity index (χ4n) is 2.49. The van der Waals surface area contributed by atoms with E-state index in [1.165, 1.54) is 12.3 Å². The van der Waals surface area contributed by atoms with Gasteiger partial charge in [-0.25, -0.2) is 12.8 Å². The predicted octanol–water partition coefficient (Wildman–Crippen LogP) is 3.36. The average molecular weight is 350 g/mol. The van der Waals surface area contributed by atoms with E-state index in [1.54, 1.807) is 12.1 Å². The molecular weight excluding hydrogens is 333 g/mol. The Kier molecular flexibility index (Phi) is 4.50. The summed E-state index contributed by atoms with van der Waals surface area (Å²) in [6.07, 6.45) is 4.42. The average Bonchev–Trinajstić information content (AvgIpc) is 2.33. The van der Waals surface area contributed by atoms with Crippen molar-refractivity contribution in [2.45, 2.75) is 37.0 Å². The van der Waals surface area contributed by atoms with Crippen molar-refractivity contribution in [3.05, 3.63) is 28.5 Å². The lowest BCUT2D eigenvalue weighted by atomic mass is 9.95. The molecule has 0 saturated heterocycles. The summed E-state index contributed by atoms with van der Waals surface area (Å²) in [6, 6.07) is 4.95. The molecule has 19 heavy (non-hydrogen) atoms. The van der Waals surface area contributed by atoms with Crippen LogP contribution < -0.4 is 5.32 Å². The molecule has 1 aromatic carbocycles. The lowest BCUT2D eigenvalue weighted by Gasteiger charge is -2.29. The van der Waals surface area contributed by atoms with Gasteiger partial charge in [-0.1, -0.05) is 6.42 Å². The highest BCUT2D eigenvalue weighted by molar-refractivity contribution is 9.10. The first-order chi connectivity index (χ1) is 8.86. The molecule has 0 aliphatic heterocycles. The van der Waals surface area contributed by atoms with Gasteiger partial charge in [-0.3, -0.25) is 0 Å². The first-order valence-electron chi connectivity index (χ1n) is 6.26. The Bertz CT molecular complexity index is 562. The van der Waals surface area contributed by atoms with E-state index in [2.05, 4.69) is 21.2 Å². The molecule has 3 nitrogen and oxygen atoms in total. The molecule has 0 bridgehead atoms. The molecule has 0 amide bonds. The van der Waals surface area contributed by atoms with Crippen molar-refractivity contribution in [2.24, 2.45) is 0 Å². The van der Waals surface area contributed by atoms with Gasteiger partial charge in [0, 0.05) is 18.0 Å². The SMILES string of the molecule is CS(=O)(=O)C1CCCC(Nc2ccc(Br)c(F)c2)C1. The molecule has 0 heterocycles. The third-order valence-corrected chi connectivity index (χ3v) is 5.80. The van der Waals surface area contributed by atoms with Crippen LogP contribution in [0.3, 0.4) is 0 Å². The van der Waals surface area contributed by atoms with Gasteiger partial charge < -0.3 is 5.32 Å². The van der Waals surface area contributed by atoms with Gasteiger partial charge in [0.2, 0.25) is 0 Å². The van der Waals surface area contributed by atoms with Crippen molar-refractivity contribution in [1.82, 2.24) is 0 Å². The first kappa shape index (κ1) is 14.8. The van der Waals surface area contributed by atoms with Gasteiger partial charge in [-0.05, 0) is 53.4 Å². The Morgan fingerprint density at radius 1 is 1.37 bits per heavy atom. The fraction of sp³-hybridized carbons (Fsp3) is 0.538. The molecule has 2 unspecified atom stereocenters. The molecule has 2 rings (SSSR count).